The molecular weight excluding hydrogens is 851 g/mol. The van der Waals surface area contributed by atoms with Crippen LogP contribution in [-0.4, -0.2) is 60.4 Å². The lowest BCUT2D eigenvalue weighted by Gasteiger charge is -2.58. The Balaban J connectivity index is 1.11. The molecule has 3 saturated carbocycles. The Morgan fingerprint density at radius 1 is 0.652 bits per heavy atom. The van der Waals surface area contributed by atoms with Gasteiger partial charge >= 0.3 is 11.9 Å². The van der Waals surface area contributed by atoms with Crippen molar-refractivity contribution in [3.05, 3.63) is 11.6 Å². The second kappa shape index (κ2) is 33.4. The molecule has 4 aliphatic carbocycles. The first-order valence-corrected chi connectivity index (χ1v) is 30.8. The third kappa shape index (κ3) is 20.1. The lowest BCUT2D eigenvalue weighted by molar-refractivity contribution is -0.152. The summed E-state index contributed by atoms with van der Waals surface area (Å²) in [5, 5.41) is 9.45. The van der Waals surface area contributed by atoms with Gasteiger partial charge in [0.05, 0.1) is 0 Å². The topological polar surface area (TPSA) is 76.1 Å². The van der Waals surface area contributed by atoms with Gasteiger partial charge in [-0.1, -0.05) is 163 Å². The Morgan fingerprint density at radius 3 is 1.86 bits per heavy atom. The summed E-state index contributed by atoms with van der Waals surface area (Å²) in [5.74, 6) is 5.92. The number of unbranched alkanes of at least 4 members (excludes halogenated alkanes) is 16. The summed E-state index contributed by atoms with van der Waals surface area (Å²) >= 11 is 0. The molecule has 0 aromatic heterocycles. The van der Waals surface area contributed by atoms with Gasteiger partial charge in [0.2, 0.25) is 0 Å². The van der Waals surface area contributed by atoms with Crippen molar-refractivity contribution in [3.63, 3.8) is 0 Å². The second-order valence-electron chi connectivity index (χ2n) is 24.8. The highest BCUT2D eigenvalue weighted by atomic mass is 16.5. The van der Waals surface area contributed by atoms with Crippen LogP contribution in [0.3, 0.4) is 0 Å². The van der Waals surface area contributed by atoms with Crippen molar-refractivity contribution < 1.29 is 24.2 Å². The van der Waals surface area contributed by atoms with Crippen LogP contribution < -0.4 is 0 Å². The van der Waals surface area contributed by atoms with E-state index in [1.807, 2.05) is 0 Å². The summed E-state index contributed by atoms with van der Waals surface area (Å²) in [6.07, 6.45) is 44.6. The number of rotatable bonds is 39. The quantitative estimate of drug-likeness (QED) is 0.0376. The lowest BCUT2D eigenvalue weighted by Crippen LogP contribution is -2.51. The van der Waals surface area contributed by atoms with Crippen LogP contribution in [0.1, 0.15) is 287 Å². The molecule has 69 heavy (non-hydrogen) atoms. The van der Waals surface area contributed by atoms with E-state index in [1.54, 1.807) is 5.57 Å². The van der Waals surface area contributed by atoms with Crippen molar-refractivity contribution in [1.82, 2.24) is 4.90 Å². The Hall–Kier alpha value is -1.40. The van der Waals surface area contributed by atoms with Crippen LogP contribution in [0.15, 0.2) is 11.6 Å². The zero-order valence-corrected chi connectivity index (χ0v) is 47.1. The number of hydrogen-bond donors (Lipinski definition) is 1. The fraction of sp³-hybridized carbons (Fsp3) is 0.937. The highest BCUT2D eigenvalue weighted by molar-refractivity contribution is 5.69. The molecule has 3 fully saturated rings. The average Bonchev–Trinajstić information content (AvgIpc) is 3.69. The molecule has 6 nitrogen and oxygen atoms in total. The molecule has 0 radical (unpaired) electrons. The molecule has 9 atom stereocenters. The molecule has 0 saturated heterocycles. The number of aliphatic hydroxyl groups is 1. The molecule has 9 unspecified atom stereocenters. The monoisotopic (exact) mass is 966 g/mol. The van der Waals surface area contributed by atoms with Crippen LogP contribution in [0.5, 0.6) is 0 Å². The first-order chi connectivity index (χ1) is 33.4. The number of aliphatic hydroxyl groups excluding tert-OH is 1. The van der Waals surface area contributed by atoms with Crippen LogP contribution in [0.25, 0.3) is 0 Å². The van der Waals surface area contributed by atoms with Crippen LogP contribution in [0.2, 0.25) is 0 Å². The maximum atomic E-state index is 13.2. The Kier molecular flexibility index (Phi) is 29.1. The van der Waals surface area contributed by atoms with Crippen molar-refractivity contribution >= 4 is 11.9 Å². The molecule has 402 valence electrons. The molecule has 4 rings (SSSR count). The van der Waals surface area contributed by atoms with Gasteiger partial charge in [-0.3, -0.25) is 9.59 Å². The standard InChI is InChI=1S/C63H115NO5/c1-9-12-14-16-18-23-31-54(32-24-19-17-15-13-10-2)68-60(66)33-25-20-21-27-45-64(47-29-30-48-65)46-28-22-26-34-61(67)69-55-41-43-62(7)53(49-55)37-38-56-58-40-39-57(63(58,8)44-42-59(56)62)51(6)35-36-52(11-3)50(4)5/h37,50-52,54-59,65H,9-36,38-49H2,1-8H3. The molecule has 0 aromatic rings. The molecule has 0 aliphatic heterocycles. The number of carbonyl (C=O) groups is 2. The van der Waals surface area contributed by atoms with Crippen molar-refractivity contribution in [2.75, 3.05) is 26.2 Å². The zero-order chi connectivity index (χ0) is 49.9. The number of fused-ring (bicyclic) bond motifs is 5. The van der Waals surface area contributed by atoms with E-state index >= 15 is 0 Å². The van der Waals surface area contributed by atoms with E-state index in [1.165, 1.54) is 135 Å². The first-order valence-electron chi connectivity index (χ1n) is 30.8. The molecular formula is C63H115NO5. The smallest absolute Gasteiger partial charge is 0.306 e. The molecule has 0 spiro atoms. The minimum absolute atomic E-state index is 0.00547. The van der Waals surface area contributed by atoms with E-state index in [2.05, 4.69) is 66.4 Å². The fourth-order valence-electron chi connectivity index (χ4n) is 15.0. The average molecular weight is 967 g/mol. The molecule has 6 heteroatoms. The van der Waals surface area contributed by atoms with Gasteiger partial charge in [0.25, 0.3) is 0 Å². The molecule has 1 N–H and O–H groups in total. The summed E-state index contributed by atoms with van der Waals surface area (Å²) in [4.78, 5) is 28.7. The minimum atomic E-state index is 0.00547. The Morgan fingerprint density at radius 2 is 1.23 bits per heavy atom. The summed E-state index contributed by atoms with van der Waals surface area (Å²) in [5.41, 5.74) is 2.40. The van der Waals surface area contributed by atoms with E-state index in [0.717, 1.165) is 145 Å². The summed E-state index contributed by atoms with van der Waals surface area (Å²) < 4.78 is 12.3. The third-order valence-corrected chi connectivity index (χ3v) is 19.5. The van der Waals surface area contributed by atoms with E-state index in [9.17, 15) is 14.7 Å². The Labute approximate surface area is 428 Å². The highest BCUT2D eigenvalue weighted by Crippen LogP contribution is 2.67. The summed E-state index contributed by atoms with van der Waals surface area (Å²) in [7, 11) is 0. The van der Waals surface area contributed by atoms with Gasteiger partial charge < -0.3 is 19.5 Å². The van der Waals surface area contributed by atoms with Gasteiger partial charge in [-0.2, -0.15) is 0 Å². The van der Waals surface area contributed by atoms with Gasteiger partial charge in [0.15, 0.2) is 0 Å². The number of carbonyl (C=O) groups excluding carboxylic acids is 2. The number of ether oxygens (including phenoxy) is 2. The molecule has 0 amide bonds. The minimum Gasteiger partial charge on any atom is -0.462 e. The molecule has 0 aromatic carbocycles. The predicted octanol–water partition coefficient (Wildman–Crippen LogP) is 17.6. The van der Waals surface area contributed by atoms with Crippen LogP contribution in [-0.2, 0) is 19.1 Å². The number of esters is 2. The summed E-state index contributed by atoms with van der Waals surface area (Å²) in [6.45, 7) is 23.1. The van der Waals surface area contributed by atoms with Crippen molar-refractivity contribution in [1.29, 1.82) is 0 Å². The SMILES string of the molecule is CCCCCCCCC(CCCCCCCC)OC(=O)CCCCCCN(CCCCO)CCCCCC(=O)OC1CCC2(C)C(=CCC3C2CCC2(C)C(C(C)CCC(CC)C(C)C)CCC32)C1. The fourth-order valence-corrected chi connectivity index (χ4v) is 15.0. The van der Waals surface area contributed by atoms with Crippen molar-refractivity contribution in [2.45, 2.75) is 299 Å². The van der Waals surface area contributed by atoms with Gasteiger partial charge in [-0.05, 0) is 187 Å². The van der Waals surface area contributed by atoms with Gasteiger partial charge in [0.1, 0.15) is 12.2 Å². The molecule has 0 heterocycles. The zero-order valence-electron chi connectivity index (χ0n) is 47.1. The molecule has 4 aliphatic rings. The van der Waals surface area contributed by atoms with Crippen molar-refractivity contribution in [3.8, 4) is 0 Å². The van der Waals surface area contributed by atoms with Gasteiger partial charge in [0, 0.05) is 25.9 Å². The van der Waals surface area contributed by atoms with Gasteiger partial charge in [-0.25, -0.2) is 0 Å². The largest absolute Gasteiger partial charge is 0.462 e. The first kappa shape index (κ1) is 60.2. The maximum Gasteiger partial charge on any atom is 0.306 e. The third-order valence-electron chi connectivity index (χ3n) is 19.5. The summed E-state index contributed by atoms with van der Waals surface area (Å²) in [6, 6.07) is 0. The molecule has 0 bridgehead atoms. The normalized spacial score (nSPS) is 26.4. The van der Waals surface area contributed by atoms with E-state index in [-0.39, 0.29) is 36.2 Å². The Bertz CT molecular complexity index is 1400. The highest BCUT2D eigenvalue weighted by Gasteiger charge is 2.59. The van der Waals surface area contributed by atoms with E-state index < -0.39 is 0 Å². The predicted molar refractivity (Wildman–Crippen MR) is 292 cm³/mol. The number of nitrogens with zero attached hydrogens (tertiary/aromatic N) is 1. The van der Waals surface area contributed by atoms with Crippen LogP contribution >= 0.6 is 0 Å². The maximum absolute atomic E-state index is 13.2. The van der Waals surface area contributed by atoms with E-state index in [4.69, 9.17) is 9.47 Å². The van der Waals surface area contributed by atoms with Crippen LogP contribution in [0, 0.1) is 52.3 Å². The van der Waals surface area contributed by atoms with Crippen LogP contribution in [0.4, 0.5) is 0 Å². The van der Waals surface area contributed by atoms with Crippen molar-refractivity contribution in [2.24, 2.45) is 52.3 Å². The van der Waals surface area contributed by atoms with E-state index in [0.29, 0.717) is 18.3 Å². The second-order valence-corrected chi connectivity index (χ2v) is 24.8. The lowest BCUT2D eigenvalue weighted by atomic mass is 9.47. The van der Waals surface area contributed by atoms with Gasteiger partial charge in [-0.15, -0.1) is 0 Å². The number of hydrogen-bond acceptors (Lipinski definition) is 6. The number of allylic oxidation sites excluding steroid dienone is 1.